The van der Waals surface area contributed by atoms with Crippen molar-refractivity contribution in [3.05, 3.63) is 59.8 Å². The summed E-state index contributed by atoms with van der Waals surface area (Å²) in [4.78, 5) is 11.4. The fourth-order valence-electron chi connectivity index (χ4n) is 3.57. The lowest BCUT2D eigenvalue weighted by Crippen LogP contribution is -2.25. The van der Waals surface area contributed by atoms with E-state index in [1.807, 2.05) is 24.3 Å². The minimum atomic E-state index is 0.545. The number of anilines is 4. The normalized spacial score (nSPS) is 13.0. The molecule has 28 heavy (non-hydrogen) atoms. The van der Waals surface area contributed by atoms with E-state index in [0.717, 1.165) is 30.9 Å². The monoisotopic (exact) mass is 376 g/mol. The Balaban J connectivity index is 1.61. The van der Waals surface area contributed by atoms with Crippen LogP contribution in [0.4, 0.5) is 23.1 Å². The number of aryl methyl sites for hydroxylation is 2. The topological polar surface area (TPSA) is 59.5 Å². The highest BCUT2D eigenvalue weighted by atomic mass is 16.5. The summed E-state index contributed by atoms with van der Waals surface area (Å²) in [6, 6.07) is 14.2. The lowest BCUT2D eigenvalue weighted by Gasteiger charge is -2.30. The van der Waals surface area contributed by atoms with E-state index in [0.29, 0.717) is 17.4 Å². The maximum Gasteiger partial charge on any atom is 0.229 e. The molecule has 1 aliphatic rings. The van der Waals surface area contributed by atoms with Crippen molar-refractivity contribution in [1.82, 2.24) is 9.97 Å². The lowest BCUT2D eigenvalue weighted by atomic mass is 9.99. The molecule has 0 fully saturated rings. The van der Waals surface area contributed by atoms with Crippen molar-refractivity contribution < 1.29 is 9.47 Å². The van der Waals surface area contributed by atoms with E-state index in [9.17, 15) is 0 Å². The number of benzene rings is 2. The van der Waals surface area contributed by atoms with Gasteiger partial charge in [-0.3, -0.25) is 0 Å². The summed E-state index contributed by atoms with van der Waals surface area (Å²) in [5, 5.41) is 3.26. The molecular weight excluding hydrogens is 352 g/mol. The van der Waals surface area contributed by atoms with E-state index < -0.39 is 0 Å². The smallest absolute Gasteiger partial charge is 0.229 e. The summed E-state index contributed by atoms with van der Waals surface area (Å²) in [6.07, 6.45) is 4.00. The van der Waals surface area contributed by atoms with E-state index >= 15 is 0 Å². The lowest BCUT2D eigenvalue weighted by molar-refractivity contribution is 0.355. The number of fused-ring (bicyclic) bond motifs is 1. The third-order valence-corrected chi connectivity index (χ3v) is 4.91. The molecule has 0 unspecified atom stereocenters. The Morgan fingerprint density at radius 1 is 1.00 bits per heavy atom. The van der Waals surface area contributed by atoms with E-state index in [1.54, 1.807) is 20.4 Å². The molecule has 6 heteroatoms. The van der Waals surface area contributed by atoms with Gasteiger partial charge in [0, 0.05) is 30.2 Å². The molecule has 0 saturated heterocycles. The molecule has 0 atom stereocenters. The van der Waals surface area contributed by atoms with Gasteiger partial charge in [0.25, 0.3) is 0 Å². The first-order valence-corrected chi connectivity index (χ1v) is 9.37. The van der Waals surface area contributed by atoms with Gasteiger partial charge in [0.15, 0.2) is 11.5 Å². The molecule has 0 amide bonds. The van der Waals surface area contributed by atoms with Gasteiger partial charge < -0.3 is 19.7 Å². The van der Waals surface area contributed by atoms with Crippen LogP contribution in [0.25, 0.3) is 0 Å². The molecule has 0 radical (unpaired) electrons. The molecule has 0 saturated carbocycles. The Labute approximate surface area is 165 Å². The van der Waals surface area contributed by atoms with Crippen molar-refractivity contribution in [1.29, 1.82) is 0 Å². The van der Waals surface area contributed by atoms with Gasteiger partial charge >= 0.3 is 0 Å². The average molecular weight is 376 g/mol. The second kappa shape index (κ2) is 7.76. The van der Waals surface area contributed by atoms with Crippen LogP contribution >= 0.6 is 0 Å². The van der Waals surface area contributed by atoms with E-state index in [-0.39, 0.29) is 0 Å². The van der Waals surface area contributed by atoms with Crippen LogP contribution in [-0.4, -0.2) is 30.7 Å². The minimum Gasteiger partial charge on any atom is -0.493 e. The highest BCUT2D eigenvalue weighted by Crippen LogP contribution is 2.34. The van der Waals surface area contributed by atoms with Crippen LogP contribution in [0.2, 0.25) is 0 Å². The average Bonchev–Trinajstić information content (AvgIpc) is 2.73. The maximum atomic E-state index is 5.37. The van der Waals surface area contributed by atoms with Crippen LogP contribution in [0.5, 0.6) is 11.5 Å². The Morgan fingerprint density at radius 2 is 1.86 bits per heavy atom. The van der Waals surface area contributed by atoms with Crippen molar-refractivity contribution in [2.24, 2.45) is 0 Å². The summed E-state index contributed by atoms with van der Waals surface area (Å²) in [5.41, 5.74) is 4.73. The largest absolute Gasteiger partial charge is 0.493 e. The van der Waals surface area contributed by atoms with Gasteiger partial charge in [-0.05, 0) is 49.6 Å². The van der Waals surface area contributed by atoms with Crippen LogP contribution in [0.1, 0.15) is 17.5 Å². The zero-order valence-corrected chi connectivity index (χ0v) is 16.4. The zero-order valence-electron chi connectivity index (χ0n) is 16.4. The molecule has 1 N–H and O–H groups in total. The molecule has 2 aromatic carbocycles. The highest BCUT2D eigenvalue weighted by Gasteiger charge is 2.19. The zero-order chi connectivity index (χ0) is 19.5. The fourth-order valence-corrected chi connectivity index (χ4v) is 3.57. The molecule has 3 aromatic rings. The summed E-state index contributed by atoms with van der Waals surface area (Å²) < 4.78 is 10.7. The van der Waals surface area contributed by atoms with Gasteiger partial charge in [-0.15, -0.1) is 0 Å². The summed E-state index contributed by atoms with van der Waals surface area (Å²) in [6.45, 7) is 3.08. The molecule has 1 aliphatic heterocycles. The third-order valence-electron chi connectivity index (χ3n) is 4.91. The number of nitrogens with zero attached hydrogens (tertiary/aromatic N) is 3. The van der Waals surface area contributed by atoms with Crippen LogP contribution < -0.4 is 19.7 Å². The predicted molar refractivity (Wildman–Crippen MR) is 111 cm³/mol. The van der Waals surface area contributed by atoms with Crippen LogP contribution in [0, 0.1) is 6.92 Å². The van der Waals surface area contributed by atoms with Crippen molar-refractivity contribution in [3.8, 4) is 11.5 Å². The quantitative estimate of drug-likeness (QED) is 0.701. The molecular formula is C22H24N4O2. The number of aromatic nitrogens is 2. The van der Waals surface area contributed by atoms with Crippen LogP contribution in [0.3, 0.4) is 0 Å². The van der Waals surface area contributed by atoms with Gasteiger partial charge in [-0.1, -0.05) is 17.7 Å². The van der Waals surface area contributed by atoms with Gasteiger partial charge in [-0.25, -0.2) is 4.98 Å². The Kier molecular flexibility index (Phi) is 5.02. The van der Waals surface area contributed by atoms with Gasteiger partial charge in [0.2, 0.25) is 5.95 Å². The molecule has 0 aliphatic carbocycles. The second-order valence-electron chi connectivity index (χ2n) is 6.82. The Morgan fingerprint density at radius 3 is 2.68 bits per heavy atom. The number of methoxy groups -OCH3 is 2. The molecule has 0 spiro atoms. The molecule has 6 nitrogen and oxygen atoms in total. The SMILES string of the molecule is COc1ccc(Nc2nccc(N3CCCc4cc(C)ccc43)n2)cc1OC. The van der Waals surface area contributed by atoms with E-state index in [4.69, 9.17) is 14.5 Å². The number of nitrogens with one attached hydrogen (secondary N) is 1. The predicted octanol–water partition coefficient (Wildman–Crippen LogP) is 4.63. The summed E-state index contributed by atoms with van der Waals surface area (Å²) >= 11 is 0. The van der Waals surface area contributed by atoms with Crippen LogP contribution in [0.15, 0.2) is 48.7 Å². The van der Waals surface area contributed by atoms with Gasteiger partial charge in [0.05, 0.1) is 14.2 Å². The molecule has 144 valence electrons. The Hall–Kier alpha value is -3.28. The molecule has 1 aromatic heterocycles. The van der Waals surface area contributed by atoms with Crippen molar-refractivity contribution in [2.75, 3.05) is 31.0 Å². The van der Waals surface area contributed by atoms with Gasteiger partial charge in [-0.2, -0.15) is 4.98 Å². The third kappa shape index (κ3) is 3.58. The number of hydrogen-bond donors (Lipinski definition) is 1. The van der Waals surface area contributed by atoms with E-state index in [1.165, 1.54) is 16.8 Å². The van der Waals surface area contributed by atoms with E-state index in [2.05, 4.69) is 40.3 Å². The summed E-state index contributed by atoms with van der Waals surface area (Å²) in [7, 11) is 3.24. The first kappa shape index (κ1) is 18.1. The van der Waals surface area contributed by atoms with Crippen molar-refractivity contribution >= 4 is 23.1 Å². The Bertz CT molecular complexity index is 990. The van der Waals surface area contributed by atoms with Gasteiger partial charge in [0.1, 0.15) is 5.82 Å². The molecule has 0 bridgehead atoms. The van der Waals surface area contributed by atoms with Crippen molar-refractivity contribution in [3.63, 3.8) is 0 Å². The maximum absolute atomic E-state index is 5.37. The first-order chi connectivity index (χ1) is 13.7. The summed E-state index contributed by atoms with van der Waals surface area (Å²) in [5.74, 6) is 2.78. The fraction of sp³-hybridized carbons (Fsp3) is 0.273. The standard InChI is InChI=1S/C22H24N4O2/c1-15-6-8-18-16(13-15)5-4-12-26(18)21-10-11-23-22(25-21)24-17-7-9-19(27-2)20(14-17)28-3/h6-11,13-14H,4-5,12H2,1-3H3,(H,23,24,25). The first-order valence-electron chi connectivity index (χ1n) is 9.37. The number of hydrogen-bond acceptors (Lipinski definition) is 6. The number of ether oxygens (including phenoxy) is 2. The highest BCUT2D eigenvalue weighted by molar-refractivity contribution is 5.67. The number of rotatable bonds is 5. The van der Waals surface area contributed by atoms with Crippen molar-refractivity contribution in [2.45, 2.75) is 19.8 Å². The van der Waals surface area contributed by atoms with Crippen LogP contribution in [-0.2, 0) is 6.42 Å². The minimum absolute atomic E-state index is 0.545. The molecule has 2 heterocycles. The molecule has 4 rings (SSSR count). The second-order valence-corrected chi connectivity index (χ2v) is 6.82.